The van der Waals surface area contributed by atoms with E-state index in [-0.39, 0.29) is 26.1 Å². The number of carbonyl (C=O) groups is 2. The van der Waals surface area contributed by atoms with E-state index in [9.17, 15) is 23.5 Å². The van der Waals surface area contributed by atoms with Crippen LogP contribution in [0.5, 0.6) is 0 Å². The predicted molar refractivity (Wildman–Crippen MR) is 142 cm³/mol. The van der Waals surface area contributed by atoms with Crippen LogP contribution in [-0.4, -0.2) is 82.2 Å². The number of anilines is 1. The standard InChI is InChI=1S/C27H35F2N3O6S/c1-25(2,3)37-23(34)32-13-19(36-24(35)38-26(4,5)6)21(33)18(32)11-16-7-9-17(10-8-16)20-12-30-22(39-20)31-14-27(28,29)15-31/h7-10,12,18-19,21,33H,11,13-15H2,1-6H3/t18-,19+,21+/m1/s1. The van der Waals surface area contributed by atoms with Gasteiger partial charge in [0.1, 0.15) is 17.3 Å². The molecule has 1 N–H and O–H groups in total. The predicted octanol–water partition coefficient (Wildman–Crippen LogP) is 5.11. The zero-order valence-corrected chi connectivity index (χ0v) is 23.8. The normalized spacial score (nSPS) is 22.8. The van der Waals surface area contributed by atoms with E-state index in [2.05, 4.69) is 4.98 Å². The Balaban J connectivity index is 1.46. The van der Waals surface area contributed by atoms with Gasteiger partial charge < -0.3 is 24.2 Å². The number of rotatable bonds is 5. The van der Waals surface area contributed by atoms with E-state index in [1.54, 1.807) is 52.6 Å². The van der Waals surface area contributed by atoms with Gasteiger partial charge in [0.15, 0.2) is 11.2 Å². The topological polar surface area (TPSA) is 101 Å². The van der Waals surface area contributed by atoms with E-state index in [1.165, 1.54) is 16.2 Å². The van der Waals surface area contributed by atoms with Crippen LogP contribution in [0.2, 0.25) is 0 Å². The SMILES string of the molecule is CC(C)(C)OC(=O)O[C@H]1CN(C(=O)OC(C)(C)C)[C@H](Cc2ccc(-c3cnc(N4CC(F)(F)C4)s3)cc2)[C@@H]1O. The number of thiazole rings is 1. The average Bonchev–Trinajstić information content (AvgIpc) is 3.37. The first kappa shape index (κ1) is 29.0. The van der Waals surface area contributed by atoms with Gasteiger partial charge >= 0.3 is 12.2 Å². The van der Waals surface area contributed by atoms with Gasteiger partial charge in [0.05, 0.1) is 30.6 Å². The highest BCUT2D eigenvalue weighted by Crippen LogP contribution is 2.37. The Hall–Kier alpha value is -2.99. The van der Waals surface area contributed by atoms with Crippen molar-refractivity contribution in [3.05, 3.63) is 36.0 Å². The zero-order chi connectivity index (χ0) is 28.8. The molecule has 0 bridgehead atoms. The van der Waals surface area contributed by atoms with Crippen molar-refractivity contribution >= 4 is 28.7 Å². The molecular formula is C27H35F2N3O6S. The molecule has 0 spiro atoms. The lowest BCUT2D eigenvalue weighted by molar-refractivity contribution is -0.0486. The summed E-state index contributed by atoms with van der Waals surface area (Å²) in [5, 5.41) is 11.6. The van der Waals surface area contributed by atoms with Crippen molar-refractivity contribution in [2.24, 2.45) is 0 Å². The van der Waals surface area contributed by atoms with Crippen LogP contribution >= 0.6 is 11.3 Å². The Bertz CT molecular complexity index is 1180. The highest BCUT2D eigenvalue weighted by atomic mass is 32.1. The molecule has 1 aromatic carbocycles. The van der Waals surface area contributed by atoms with Gasteiger partial charge in [-0.2, -0.15) is 0 Å². The summed E-state index contributed by atoms with van der Waals surface area (Å²) in [6, 6.07) is 6.79. The number of benzene rings is 1. The van der Waals surface area contributed by atoms with Crippen LogP contribution in [0, 0.1) is 0 Å². The lowest BCUT2D eigenvalue weighted by Gasteiger charge is -2.38. The minimum atomic E-state index is -2.66. The van der Waals surface area contributed by atoms with Gasteiger partial charge in [0.25, 0.3) is 5.92 Å². The summed E-state index contributed by atoms with van der Waals surface area (Å²) in [6.07, 6.45) is -1.75. The number of nitrogens with zero attached hydrogens (tertiary/aromatic N) is 3. The number of amides is 1. The minimum absolute atomic E-state index is 0.0444. The molecule has 2 fully saturated rings. The summed E-state index contributed by atoms with van der Waals surface area (Å²) in [6.45, 7) is 9.66. The third kappa shape index (κ3) is 7.36. The third-order valence-electron chi connectivity index (χ3n) is 6.11. The second-order valence-electron chi connectivity index (χ2n) is 11.9. The summed E-state index contributed by atoms with van der Waals surface area (Å²) in [7, 11) is 0. The molecule has 0 aliphatic carbocycles. The van der Waals surface area contributed by atoms with Crippen LogP contribution in [0.4, 0.5) is 23.5 Å². The molecule has 39 heavy (non-hydrogen) atoms. The smallest absolute Gasteiger partial charge is 0.444 e. The summed E-state index contributed by atoms with van der Waals surface area (Å²) in [4.78, 5) is 33.3. The van der Waals surface area contributed by atoms with Gasteiger partial charge in [0, 0.05) is 6.20 Å². The summed E-state index contributed by atoms with van der Waals surface area (Å²) >= 11 is 1.34. The van der Waals surface area contributed by atoms with Gasteiger partial charge in [-0.05, 0) is 59.1 Å². The number of hydrogen-bond donors (Lipinski definition) is 1. The molecule has 4 rings (SSSR count). The number of carbonyl (C=O) groups excluding carboxylic acids is 2. The largest absolute Gasteiger partial charge is 0.509 e. The van der Waals surface area contributed by atoms with Crippen molar-refractivity contribution in [2.75, 3.05) is 24.5 Å². The average molecular weight is 568 g/mol. The highest BCUT2D eigenvalue weighted by Gasteiger charge is 2.47. The Morgan fingerprint density at radius 2 is 1.69 bits per heavy atom. The van der Waals surface area contributed by atoms with Gasteiger partial charge in [-0.25, -0.2) is 23.4 Å². The number of aromatic nitrogens is 1. The van der Waals surface area contributed by atoms with Crippen molar-refractivity contribution in [1.82, 2.24) is 9.88 Å². The molecule has 3 atom stereocenters. The number of halogens is 2. The van der Waals surface area contributed by atoms with Crippen LogP contribution in [0.3, 0.4) is 0 Å². The van der Waals surface area contributed by atoms with E-state index in [4.69, 9.17) is 14.2 Å². The van der Waals surface area contributed by atoms with Crippen molar-refractivity contribution in [3.63, 3.8) is 0 Å². The summed E-state index contributed by atoms with van der Waals surface area (Å²) in [5.41, 5.74) is 0.183. The van der Waals surface area contributed by atoms with Crippen LogP contribution in [0.1, 0.15) is 47.1 Å². The second-order valence-corrected chi connectivity index (χ2v) is 12.9. The quantitative estimate of drug-likeness (QED) is 0.498. The number of hydrogen-bond acceptors (Lipinski definition) is 9. The lowest BCUT2D eigenvalue weighted by Crippen LogP contribution is -2.56. The van der Waals surface area contributed by atoms with Gasteiger partial charge in [-0.3, -0.25) is 4.90 Å². The molecule has 3 heterocycles. The number of aliphatic hydroxyl groups is 1. The second kappa shape index (κ2) is 10.5. The van der Waals surface area contributed by atoms with Crippen LogP contribution in [0.25, 0.3) is 10.4 Å². The Labute approximate surface area is 230 Å². The van der Waals surface area contributed by atoms with Crippen LogP contribution < -0.4 is 4.90 Å². The zero-order valence-electron chi connectivity index (χ0n) is 22.9. The number of likely N-dealkylation sites (tertiary alicyclic amines) is 1. The summed E-state index contributed by atoms with van der Waals surface area (Å²) in [5.74, 6) is -2.66. The van der Waals surface area contributed by atoms with Crippen molar-refractivity contribution in [1.29, 1.82) is 0 Å². The molecular weight excluding hydrogens is 532 g/mol. The van der Waals surface area contributed by atoms with Crippen molar-refractivity contribution < 1.29 is 37.7 Å². The van der Waals surface area contributed by atoms with Crippen molar-refractivity contribution in [3.8, 4) is 10.4 Å². The van der Waals surface area contributed by atoms with E-state index < -0.39 is 47.6 Å². The molecule has 9 nitrogen and oxygen atoms in total. The first-order valence-corrected chi connectivity index (χ1v) is 13.6. The Morgan fingerprint density at radius 1 is 1.08 bits per heavy atom. The van der Waals surface area contributed by atoms with E-state index in [0.29, 0.717) is 5.13 Å². The van der Waals surface area contributed by atoms with Crippen molar-refractivity contribution in [2.45, 2.75) is 83.3 Å². The molecule has 0 radical (unpaired) electrons. The van der Waals surface area contributed by atoms with Gasteiger partial charge in [-0.15, -0.1) is 0 Å². The molecule has 2 aliphatic heterocycles. The fraction of sp³-hybridized carbons (Fsp3) is 0.593. The monoisotopic (exact) mass is 567 g/mol. The third-order valence-corrected chi connectivity index (χ3v) is 7.22. The van der Waals surface area contributed by atoms with Gasteiger partial charge in [0.2, 0.25) is 0 Å². The highest BCUT2D eigenvalue weighted by molar-refractivity contribution is 7.18. The maximum Gasteiger partial charge on any atom is 0.509 e. The van der Waals surface area contributed by atoms with Gasteiger partial charge in [-0.1, -0.05) is 35.6 Å². The fourth-order valence-electron chi connectivity index (χ4n) is 4.37. The van der Waals surface area contributed by atoms with E-state index >= 15 is 0 Å². The molecule has 214 valence electrons. The maximum absolute atomic E-state index is 13.2. The fourth-order valence-corrected chi connectivity index (χ4v) is 5.29. The first-order chi connectivity index (χ1) is 18.0. The number of aliphatic hydroxyl groups excluding tert-OH is 1. The molecule has 2 saturated heterocycles. The maximum atomic E-state index is 13.2. The van der Waals surface area contributed by atoms with E-state index in [0.717, 1.165) is 16.0 Å². The molecule has 1 amide bonds. The first-order valence-electron chi connectivity index (χ1n) is 12.7. The lowest BCUT2D eigenvalue weighted by atomic mass is 10.00. The number of alkyl halides is 2. The Morgan fingerprint density at radius 3 is 2.26 bits per heavy atom. The molecule has 12 heteroatoms. The Kier molecular flexibility index (Phi) is 7.83. The molecule has 2 aromatic rings. The summed E-state index contributed by atoms with van der Waals surface area (Å²) < 4.78 is 42.6. The molecule has 2 aliphatic rings. The minimum Gasteiger partial charge on any atom is -0.444 e. The van der Waals surface area contributed by atoms with Crippen LogP contribution in [0.15, 0.2) is 30.5 Å². The molecule has 0 unspecified atom stereocenters. The van der Waals surface area contributed by atoms with E-state index in [1.807, 2.05) is 24.3 Å². The molecule has 1 aromatic heterocycles. The molecule has 0 saturated carbocycles. The number of ether oxygens (including phenoxy) is 3. The van der Waals surface area contributed by atoms with Crippen LogP contribution in [-0.2, 0) is 20.6 Å².